The molecule has 0 spiro atoms. The lowest BCUT2D eigenvalue weighted by atomic mass is 9.99. The zero-order chi connectivity index (χ0) is 16.4. The Morgan fingerprint density at radius 1 is 1.08 bits per heavy atom. The van der Waals surface area contributed by atoms with Crippen molar-refractivity contribution in [3.8, 4) is 0 Å². The van der Waals surface area contributed by atoms with Crippen LogP contribution in [0.2, 0.25) is 0 Å². The molecule has 2 unspecified atom stereocenters. The molecule has 0 saturated carbocycles. The fourth-order valence-corrected chi connectivity index (χ4v) is 3.66. The molecule has 0 aliphatic carbocycles. The molecule has 2 atom stereocenters. The van der Waals surface area contributed by atoms with Gasteiger partial charge in [-0.2, -0.15) is 5.48 Å². The highest BCUT2D eigenvalue weighted by atomic mass is 16.7. The van der Waals surface area contributed by atoms with Gasteiger partial charge < -0.3 is 0 Å². The van der Waals surface area contributed by atoms with E-state index >= 15 is 0 Å². The van der Waals surface area contributed by atoms with Crippen molar-refractivity contribution in [2.75, 3.05) is 13.1 Å². The Hall–Kier alpha value is -1.72. The third-order valence-corrected chi connectivity index (χ3v) is 5.06. The summed E-state index contributed by atoms with van der Waals surface area (Å²) in [5.74, 6) is 0. The fourth-order valence-electron chi connectivity index (χ4n) is 3.66. The summed E-state index contributed by atoms with van der Waals surface area (Å²) < 4.78 is 0. The SMILES string of the molecule is CC1(Cc2ccccc2)NCC(N2CCc3ccccc3C2)ON1. The predicted molar refractivity (Wildman–Crippen MR) is 95.1 cm³/mol. The normalized spacial score (nSPS) is 27.6. The second-order valence-corrected chi connectivity index (χ2v) is 7.04. The summed E-state index contributed by atoms with van der Waals surface area (Å²) in [4.78, 5) is 8.44. The molecule has 1 saturated heterocycles. The first-order chi connectivity index (χ1) is 11.7. The molecule has 0 radical (unpaired) electrons. The average molecular weight is 323 g/mol. The summed E-state index contributed by atoms with van der Waals surface area (Å²) in [6.07, 6.45) is 2.06. The molecule has 2 N–H and O–H groups in total. The summed E-state index contributed by atoms with van der Waals surface area (Å²) in [6, 6.07) is 19.2. The topological polar surface area (TPSA) is 36.5 Å². The number of nitrogens with zero attached hydrogens (tertiary/aromatic N) is 1. The molecule has 2 aliphatic heterocycles. The molecule has 1 fully saturated rings. The van der Waals surface area contributed by atoms with Gasteiger partial charge in [-0.15, -0.1) is 0 Å². The molecule has 4 heteroatoms. The molecule has 126 valence electrons. The highest BCUT2D eigenvalue weighted by molar-refractivity contribution is 5.29. The van der Waals surface area contributed by atoms with Gasteiger partial charge in [0.05, 0.1) is 5.66 Å². The van der Waals surface area contributed by atoms with Crippen LogP contribution in [0.25, 0.3) is 0 Å². The standard InChI is InChI=1S/C20H25N3O/c1-20(13-16-7-3-2-4-8-16)21-14-19(24-22-20)23-12-11-17-9-5-6-10-18(17)15-23/h2-10,19,21-22H,11-15H2,1H3. The maximum absolute atomic E-state index is 6.03. The summed E-state index contributed by atoms with van der Waals surface area (Å²) >= 11 is 0. The monoisotopic (exact) mass is 323 g/mol. The van der Waals surface area contributed by atoms with E-state index in [1.807, 2.05) is 6.07 Å². The van der Waals surface area contributed by atoms with Crippen LogP contribution in [-0.2, 0) is 24.2 Å². The molecular weight excluding hydrogens is 298 g/mol. The van der Waals surface area contributed by atoms with Crippen LogP contribution in [0.3, 0.4) is 0 Å². The van der Waals surface area contributed by atoms with E-state index in [-0.39, 0.29) is 11.9 Å². The lowest BCUT2D eigenvalue weighted by Crippen LogP contribution is -2.66. The molecule has 0 bridgehead atoms. The fraction of sp³-hybridized carbons (Fsp3) is 0.400. The van der Waals surface area contributed by atoms with E-state index in [0.29, 0.717) is 0 Å². The molecule has 2 heterocycles. The maximum atomic E-state index is 6.03. The summed E-state index contributed by atoms with van der Waals surface area (Å²) in [5, 5.41) is 3.64. The van der Waals surface area contributed by atoms with Gasteiger partial charge in [-0.25, -0.2) is 0 Å². The largest absolute Gasteiger partial charge is 0.293 e. The van der Waals surface area contributed by atoms with E-state index in [0.717, 1.165) is 32.5 Å². The van der Waals surface area contributed by atoms with E-state index in [1.165, 1.54) is 16.7 Å². The van der Waals surface area contributed by atoms with Gasteiger partial charge in [0.2, 0.25) is 0 Å². The minimum absolute atomic E-state index is 0.0715. The van der Waals surface area contributed by atoms with E-state index in [1.54, 1.807) is 0 Å². The van der Waals surface area contributed by atoms with Gasteiger partial charge in [0, 0.05) is 26.1 Å². The Labute approximate surface area is 143 Å². The number of hydrogen-bond donors (Lipinski definition) is 2. The Bertz CT molecular complexity index is 680. The summed E-state index contributed by atoms with van der Waals surface area (Å²) in [5.41, 5.74) is 7.22. The average Bonchev–Trinajstić information content (AvgIpc) is 2.62. The van der Waals surface area contributed by atoms with Crippen molar-refractivity contribution in [3.63, 3.8) is 0 Å². The van der Waals surface area contributed by atoms with Crippen molar-refractivity contribution >= 4 is 0 Å². The lowest BCUT2D eigenvalue weighted by Gasteiger charge is -2.44. The van der Waals surface area contributed by atoms with Crippen molar-refractivity contribution in [1.29, 1.82) is 0 Å². The molecular formula is C20H25N3O. The van der Waals surface area contributed by atoms with Crippen molar-refractivity contribution in [2.45, 2.75) is 38.2 Å². The van der Waals surface area contributed by atoms with Crippen LogP contribution in [0.15, 0.2) is 54.6 Å². The minimum Gasteiger partial charge on any atom is -0.293 e. The minimum atomic E-state index is -0.231. The van der Waals surface area contributed by atoms with Crippen LogP contribution >= 0.6 is 0 Å². The van der Waals surface area contributed by atoms with E-state index in [2.05, 4.69) is 71.2 Å². The predicted octanol–water partition coefficient (Wildman–Crippen LogP) is 2.45. The maximum Gasteiger partial charge on any atom is 0.145 e. The molecule has 2 aromatic rings. The Kier molecular flexibility index (Phi) is 4.37. The van der Waals surface area contributed by atoms with Crippen LogP contribution in [0.5, 0.6) is 0 Å². The first kappa shape index (κ1) is 15.8. The van der Waals surface area contributed by atoms with Crippen LogP contribution in [0.4, 0.5) is 0 Å². The van der Waals surface area contributed by atoms with Crippen LogP contribution in [0, 0.1) is 0 Å². The Morgan fingerprint density at radius 2 is 1.83 bits per heavy atom. The van der Waals surface area contributed by atoms with Crippen molar-refractivity contribution in [2.24, 2.45) is 0 Å². The van der Waals surface area contributed by atoms with Crippen LogP contribution in [0.1, 0.15) is 23.6 Å². The van der Waals surface area contributed by atoms with Gasteiger partial charge >= 0.3 is 0 Å². The number of rotatable bonds is 3. The number of benzene rings is 2. The number of hydrogen-bond acceptors (Lipinski definition) is 4. The van der Waals surface area contributed by atoms with Crippen LogP contribution < -0.4 is 10.8 Å². The van der Waals surface area contributed by atoms with Gasteiger partial charge in [0.25, 0.3) is 0 Å². The third kappa shape index (κ3) is 3.37. The molecule has 0 aromatic heterocycles. The van der Waals surface area contributed by atoms with Gasteiger partial charge in [-0.05, 0) is 30.0 Å². The first-order valence-corrected chi connectivity index (χ1v) is 8.74. The van der Waals surface area contributed by atoms with E-state index < -0.39 is 0 Å². The summed E-state index contributed by atoms with van der Waals surface area (Å²) in [7, 11) is 0. The molecule has 4 nitrogen and oxygen atoms in total. The van der Waals surface area contributed by atoms with Crippen LogP contribution in [-0.4, -0.2) is 29.9 Å². The third-order valence-electron chi connectivity index (χ3n) is 5.06. The number of fused-ring (bicyclic) bond motifs is 1. The van der Waals surface area contributed by atoms with E-state index in [4.69, 9.17) is 4.84 Å². The van der Waals surface area contributed by atoms with Crippen molar-refractivity contribution < 1.29 is 4.84 Å². The zero-order valence-electron chi connectivity index (χ0n) is 14.2. The second-order valence-electron chi connectivity index (χ2n) is 7.04. The molecule has 4 rings (SSSR count). The van der Waals surface area contributed by atoms with Crippen molar-refractivity contribution in [1.82, 2.24) is 15.7 Å². The van der Waals surface area contributed by atoms with Gasteiger partial charge in [0.15, 0.2) is 0 Å². The van der Waals surface area contributed by atoms with E-state index in [9.17, 15) is 0 Å². The quantitative estimate of drug-likeness (QED) is 0.910. The number of nitrogens with one attached hydrogen (secondary N) is 2. The first-order valence-electron chi connectivity index (χ1n) is 8.74. The smallest absolute Gasteiger partial charge is 0.145 e. The zero-order valence-corrected chi connectivity index (χ0v) is 14.2. The summed E-state index contributed by atoms with van der Waals surface area (Å²) in [6.45, 7) is 4.99. The molecule has 0 amide bonds. The second kappa shape index (κ2) is 6.65. The highest BCUT2D eigenvalue weighted by Crippen LogP contribution is 2.22. The Morgan fingerprint density at radius 3 is 2.58 bits per heavy atom. The van der Waals surface area contributed by atoms with Gasteiger partial charge in [-0.3, -0.25) is 15.1 Å². The Balaban J connectivity index is 1.36. The van der Waals surface area contributed by atoms with Gasteiger partial charge in [-0.1, -0.05) is 54.6 Å². The van der Waals surface area contributed by atoms with Gasteiger partial charge in [0.1, 0.15) is 6.23 Å². The molecule has 24 heavy (non-hydrogen) atoms. The highest BCUT2D eigenvalue weighted by Gasteiger charge is 2.34. The van der Waals surface area contributed by atoms with Crippen molar-refractivity contribution in [3.05, 3.63) is 71.3 Å². The molecule has 2 aliphatic rings. The lowest BCUT2D eigenvalue weighted by molar-refractivity contribution is -0.177. The number of hydroxylamine groups is 1. The molecule has 2 aromatic carbocycles.